The number of hydrogen-bond acceptors (Lipinski definition) is 5. The van der Waals surface area contributed by atoms with Crippen molar-refractivity contribution in [3.63, 3.8) is 0 Å². The van der Waals surface area contributed by atoms with Crippen molar-refractivity contribution < 1.29 is 0 Å². The van der Waals surface area contributed by atoms with Gasteiger partial charge in [0.05, 0.1) is 29.9 Å². The van der Waals surface area contributed by atoms with Gasteiger partial charge in [-0.05, 0) is 48.7 Å². The van der Waals surface area contributed by atoms with Crippen LogP contribution >= 0.6 is 0 Å². The van der Waals surface area contributed by atoms with Crippen molar-refractivity contribution >= 4 is 16.7 Å². The molecule has 7 rings (SSSR count). The summed E-state index contributed by atoms with van der Waals surface area (Å²) >= 11 is 0. The molecule has 4 aromatic heterocycles. The van der Waals surface area contributed by atoms with E-state index in [9.17, 15) is 0 Å². The highest BCUT2D eigenvalue weighted by atomic mass is 15.3. The Morgan fingerprint density at radius 3 is 2.55 bits per heavy atom. The third kappa shape index (κ3) is 2.86. The van der Waals surface area contributed by atoms with Crippen molar-refractivity contribution in [1.82, 2.24) is 34.1 Å². The zero-order valence-corrected chi connectivity index (χ0v) is 17.7. The number of imidazole rings is 2. The monoisotopic (exact) mass is 429 g/mol. The van der Waals surface area contributed by atoms with Gasteiger partial charge in [-0.2, -0.15) is 9.61 Å². The number of hydrogen-bond donors (Lipinski definition) is 0. The predicted octanol–water partition coefficient (Wildman–Crippen LogP) is 4.61. The summed E-state index contributed by atoms with van der Waals surface area (Å²) < 4.78 is 3.89. The van der Waals surface area contributed by atoms with Crippen LogP contribution in [0.3, 0.4) is 0 Å². The Kier molecular flexibility index (Phi) is 3.75. The first-order chi connectivity index (χ1) is 16.3. The average molecular weight is 429 g/mol. The molecular weight excluding hydrogens is 410 g/mol. The fraction of sp³-hybridized carbons (Fsp3) is 0.115. The molecule has 7 heteroatoms. The van der Waals surface area contributed by atoms with Crippen molar-refractivity contribution in [3.8, 4) is 16.9 Å². The maximum atomic E-state index is 4.95. The van der Waals surface area contributed by atoms with Gasteiger partial charge < -0.3 is 4.57 Å². The zero-order valence-electron chi connectivity index (χ0n) is 17.7. The molecule has 0 unspecified atom stereocenters. The summed E-state index contributed by atoms with van der Waals surface area (Å²) in [6, 6.07) is 18.9. The second-order valence-electron chi connectivity index (χ2n) is 8.51. The smallest absolute Gasteiger partial charge is 0.250 e. The summed E-state index contributed by atoms with van der Waals surface area (Å²) in [6.07, 6.45) is 13.2. The lowest BCUT2D eigenvalue weighted by atomic mass is 9.91. The normalized spacial score (nSPS) is 14.7. The van der Waals surface area contributed by atoms with E-state index >= 15 is 0 Å². The van der Waals surface area contributed by atoms with Gasteiger partial charge in [-0.25, -0.2) is 15.0 Å². The van der Waals surface area contributed by atoms with Crippen LogP contribution in [0.2, 0.25) is 0 Å². The number of aromatic nitrogens is 7. The van der Waals surface area contributed by atoms with Crippen LogP contribution in [0.4, 0.5) is 0 Å². The van der Waals surface area contributed by atoms with Gasteiger partial charge in [-0.1, -0.05) is 24.3 Å². The van der Waals surface area contributed by atoms with Gasteiger partial charge in [0.15, 0.2) is 0 Å². The molecule has 0 atom stereocenters. The van der Waals surface area contributed by atoms with Gasteiger partial charge in [0.2, 0.25) is 0 Å². The van der Waals surface area contributed by atoms with E-state index in [0.29, 0.717) is 5.78 Å². The fourth-order valence-electron chi connectivity index (χ4n) is 4.64. The molecule has 0 saturated heterocycles. The minimum atomic E-state index is -0.0813. The molecule has 1 aliphatic carbocycles. The van der Waals surface area contributed by atoms with E-state index in [1.165, 1.54) is 5.56 Å². The number of rotatable bonds is 4. The lowest BCUT2D eigenvalue weighted by Gasteiger charge is -2.16. The first-order valence-corrected chi connectivity index (χ1v) is 11.0. The minimum absolute atomic E-state index is 0.0813. The molecule has 4 heterocycles. The van der Waals surface area contributed by atoms with Crippen LogP contribution in [-0.4, -0.2) is 34.1 Å². The van der Waals surface area contributed by atoms with Crippen LogP contribution in [0.5, 0.6) is 0 Å². The van der Waals surface area contributed by atoms with E-state index in [2.05, 4.69) is 68.5 Å². The molecular formula is C26H19N7. The second kappa shape index (κ2) is 6.80. The molecule has 1 saturated carbocycles. The van der Waals surface area contributed by atoms with Crippen molar-refractivity contribution in [1.29, 1.82) is 0 Å². The first-order valence-electron chi connectivity index (χ1n) is 11.0. The summed E-state index contributed by atoms with van der Waals surface area (Å²) in [7, 11) is 0. The van der Waals surface area contributed by atoms with E-state index in [4.69, 9.17) is 5.10 Å². The topological polar surface area (TPSA) is 73.8 Å². The van der Waals surface area contributed by atoms with Gasteiger partial charge >= 0.3 is 0 Å². The molecule has 1 aliphatic rings. The maximum Gasteiger partial charge on any atom is 0.250 e. The molecule has 7 nitrogen and oxygen atoms in total. The van der Waals surface area contributed by atoms with Crippen molar-refractivity contribution in [2.45, 2.75) is 18.3 Å². The highest BCUT2D eigenvalue weighted by molar-refractivity contribution is 5.79. The molecule has 6 aromatic rings. The second-order valence-corrected chi connectivity index (χ2v) is 8.51. The third-order valence-electron chi connectivity index (χ3n) is 6.59. The Hall–Kier alpha value is -4.39. The van der Waals surface area contributed by atoms with E-state index in [1.54, 1.807) is 18.7 Å². The SMILES string of the molecule is c1cnc2ccc(C3(c4cnc5ncc(-c6ccc(-n7ccnc7)cc6)nn45)CC3)cc2c1. The Morgan fingerprint density at radius 2 is 1.73 bits per heavy atom. The standard InChI is InChI=1S/C26H19N7/c1-2-19-14-20(5-8-22(19)28-11-1)26(9-10-26)24-16-30-25-29-15-23(31-33(24)25)18-3-6-21(7-4-18)32-13-12-27-17-32/h1-8,11-17H,9-10H2. The Morgan fingerprint density at radius 1 is 0.848 bits per heavy atom. The van der Waals surface area contributed by atoms with Gasteiger partial charge in [0.1, 0.15) is 5.69 Å². The van der Waals surface area contributed by atoms with Gasteiger partial charge in [0, 0.05) is 40.6 Å². The highest BCUT2D eigenvalue weighted by Gasteiger charge is 2.48. The van der Waals surface area contributed by atoms with Crippen LogP contribution in [0.15, 0.2) is 91.9 Å². The Bertz CT molecular complexity index is 1610. The number of benzene rings is 2. The first kappa shape index (κ1) is 18.2. The maximum absolute atomic E-state index is 4.95. The molecule has 1 fully saturated rings. The molecule has 0 amide bonds. The summed E-state index contributed by atoms with van der Waals surface area (Å²) in [5, 5.41) is 6.10. The molecule has 0 aliphatic heterocycles. The minimum Gasteiger partial charge on any atom is -0.306 e. The quantitative estimate of drug-likeness (QED) is 0.409. The summed E-state index contributed by atoms with van der Waals surface area (Å²) in [4.78, 5) is 17.7. The van der Waals surface area contributed by atoms with Crippen LogP contribution < -0.4 is 0 Å². The van der Waals surface area contributed by atoms with Crippen molar-refractivity contribution in [2.24, 2.45) is 0 Å². The Balaban J connectivity index is 1.30. The number of nitrogens with zero attached hydrogens (tertiary/aromatic N) is 7. The third-order valence-corrected chi connectivity index (χ3v) is 6.59. The van der Waals surface area contributed by atoms with E-state index in [1.807, 2.05) is 33.7 Å². The van der Waals surface area contributed by atoms with Crippen molar-refractivity contribution in [3.05, 3.63) is 103 Å². The number of fused-ring (bicyclic) bond motifs is 2. The predicted molar refractivity (Wildman–Crippen MR) is 125 cm³/mol. The van der Waals surface area contributed by atoms with Gasteiger partial charge in [-0.3, -0.25) is 4.98 Å². The Labute approximate surface area is 189 Å². The summed E-state index contributed by atoms with van der Waals surface area (Å²) in [6.45, 7) is 0. The highest BCUT2D eigenvalue weighted by Crippen LogP contribution is 2.53. The summed E-state index contributed by atoms with van der Waals surface area (Å²) in [5.41, 5.74) is 6.17. The average Bonchev–Trinajstić information content (AvgIpc) is 3.29. The van der Waals surface area contributed by atoms with Gasteiger partial charge in [-0.15, -0.1) is 0 Å². The lowest BCUT2D eigenvalue weighted by molar-refractivity contribution is 0.739. The summed E-state index contributed by atoms with van der Waals surface area (Å²) in [5.74, 6) is 0.623. The van der Waals surface area contributed by atoms with Crippen LogP contribution in [0, 0.1) is 0 Å². The zero-order chi connectivity index (χ0) is 21.8. The molecule has 0 spiro atoms. The van der Waals surface area contributed by atoms with E-state index < -0.39 is 0 Å². The molecule has 0 radical (unpaired) electrons. The fourth-order valence-corrected chi connectivity index (χ4v) is 4.64. The lowest BCUT2D eigenvalue weighted by Crippen LogP contribution is -2.14. The molecule has 2 aromatic carbocycles. The largest absolute Gasteiger partial charge is 0.306 e. The number of pyridine rings is 1. The van der Waals surface area contributed by atoms with Gasteiger partial charge in [0.25, 0.3) is 5.78 Å². The van der Waals surface area contributed by atoms with E-state index in [-0.39, 0.29) is 5.41 Å². The van der Waals surface area contributed by atoms with Crippen LogP contribution in [0.25, 0.3) is 33.6 Å². The molecule has 0 bridgehead atoms. The molecule has 158 valence electrons. The molecule has 0 N–H and O–H groups in total. The van der Waals surface area contributed by atoms with Crippen LogP contribution in [-0.2, 0) is 5.41 Å². The van der Waals surface area contributed by atoms with E-state index in [0.717, 1.165) is 46.4 Å². The van der Waals surface area contributed by atoms with Crippen LogP contribution in [0.1, 0.15) is 24.1 Å². The van der Waals surface area contributed by atoms with Crippen molar-refractivity contribution in [2.75, 3.05) is 0 Å². The molecule has 33 heavy (non-hydrogen) atoms.